The van der Waals surface area contributed by atoms with Crippen LogP contribution in [0.5, 0.6) is 0 Å². The van der Waals surface area contributed by atoms with Gasteiger partial charge in [-0.2, -0.15) is 5.26 Å². The van der Waals surface area contributed by atoms with Gasteiger partial charge < -0.3 is 4.90 Å². The third-order valence-electron chi connectivity index (χ3n) is 3.60. The molecule has 16 heavy (non-hydrogen) atoms. The van der Waals surface area contributed by atoms with Gasteiger partial charge in [0.2, 0.25) is 0 Å². The molecule has 0 spiro atoms. The monoisotopic (exact) mass is 221 g/mol. The van der Waals surface area contributed by atoms with E-state index in [9.17, 15) is 9.59 Å². The Balaban J connectivity index is 2.13. The molecule has 1 saturated heterocycles. The molecule has 86 valence electrons. The largest absolute Gasteiger partial charge is 0.325 e. The molecular formula is C11H15N3O2. The minimum Gasteiger partial charge on any atom is -0.310 e. The van der Waals surface area contributed by atoms with Crippen LogP contribution < -0.4 is 5.32 Å². The highest BCUT2D eigenvalue weighted by Gasteiger charge is 2.52. The number of hydrogen-bond acceptors (Lipinski definition) is 3. The molecule has 1 saturated carbocycles. The molecule has 1 aliphatic carbocycles. The standard InChI is InChI=1S/C11H15N3O2/c1-10(2)8(15)13-9(16)14(10)7-11(3-4-11)5-6-12/h3-5,7H2,1-2H3,(H,13,15,16). The van der Waals surface area contributed by atoms with Gasteiger partial charge in [0.1, 0.15) is 5.54 Å². The van der Waals surface area contributed by atoms with Crippen LogP contribution in [0.15, 0.2) is 0 Å². The van der Waals surface area contributed by atoms with E-state index in [4.69, 9.17) is 5.26 Å². The third kappa shape index (κ3) is 1.54. The molecule has 2 rings (SSSR count). The fourth-order valence-corrected chi connectivity index (χ4v) is 2.03. The van der Waals surface area contributed by atoms with Crippen LogP contribution >= 0.6 is 0 Å². The SMILES string of the molecule is CC1(C)C(=O)NC(=O)N1CC1(CC#N)CC1. The molecule has 0 aromatic rings. The van der Waals surface area contributed by atoms with Gasteiger partial charge >= 0.3 is 6.03 Å². The number of carbonyl (C=O) groups is 2. The molecule has 0 radical (unpaired) electrons. The van der Waals surface area contributed by atoms with E-state index < -0.39 is 5.54 Å². The van der Waals surface area contributed by atoms with Crippen molar-refractivity contribution in [2.24, 2.45) is 5.41 Å². The van der Waals surface area contributed by atoms with Crippen molar-refractivity contribution in [1.82, 2.24) is 10.2 Å². The summed E-state index contributed by atoms with van der Waals surface area (Å²) in [7, 11) is 0. The lowest BCUT2D eigenvalue weighted by Gasteiger charge is -2.30. The Morgan fingerprint density at radius 3 is 2.44 bits per heavy atom. The minimum absolute atomic E-state index is 0.0615. The molecule has 2 aliphatic rings. The van der Waals surface area contributed by atoms with Gasteiger partial charge in [-0.05, 0) is 26.7 Å². The second kappa shape index (κ2) is 3.21. The van der Waals surface area contributed by atoms with Crippen molar-refractivity contribution in [3.05, 3.63) is 0 Å². The van der Waals surface area contributed by atoms with E-state index in [0.717, 1.165) is 12.8 Å². The Morgan fingerprint density at radius 1 is 1.44 bits per heavy atom. The summed E-state index contributed by atoms with van der Waals surface area (Å²) in [4.78, 5) is 24.7. The molecule has 0 atom stereocenters. The summed E-state index contributed by atoms with van der Waals surface area (Å²) in [6, 6.07) is 1.82. The van der Waals surface area contributed by atoms with Crippen molar-refractivity contribution in [2.45, 2.75) is 38.6 Å². The van der Waals surface area contributed by atoms with Crippen molar-refractivity contribution >= 4 is 11.9 Å². The maximum Gasteiger partial charge on any atom is 0.325 e. The van der Waals surface area contributed by atoms with Crippen LogP contribution in [0, 0.1) is 16.7 Å². The number of nitrogens with one attached hydrogen (secondary N) is 1. The molecule has 2 fully saturated rings. The number of urea groups is 1. The quantitative estimate of drug-likeness (QED) is 0.723. The minimum atomic E-state index is -0.790. The Bertz CT molecular complexity index is 391. The molecule has 1 heterocycles. The van der Waals surface area contributed by atoms with Gasteiger partial charge in [-0.1, -0.05) is 0 Å². The first kappa shape index (κ1) is 10.9. The zero-order chi connectivity index (χ0) is 12.0. The first-order valence-corrected chi connectivity index (χ1v) is 5.41. The molecule has 5 heteroatoms. The van der Waals surface area contributed by atoms with Crippen molar-refractivity contribution in [3.8, 4) is 6.07 Å². The molecule has 0 unspecified atom stereocenters. The number of carbonyl (C=O) groups excluding carboxylic acids is 2. The molecule has 0 aromatic carbocycles. The fraction of sp³-hybridized carbons (Fsp3) is 0.727. The van der Waals surface area contributed by atoms with Gasteiger partial charge in [-0.3, -0.25) is 10.1 Å². The maximum absolute atomic E-state index is 11.6. The lowest BCUT2D eigenvalue weighted by Crippen LogP contribution is -2.46. The second-order valence-corrected chi connectivity index (χ2v) is 5.24. The van der Waals surface area contributed by atoms with Gasteiger partial charge in [0.05, 0.1) is 6.07 Å². The van der Waals surface area contributed by atoms with Crippen LogP contribution in [-0.4, -0.2) is 28.9 Å². The number of hydrogen-bond donors (Lipinski definition) is 1. The van der Waals surface area contributed by atoms with Crippen LogP contribution in [0.1, 0.15) is 33.1 Å². The summed E-state index contributed by atoms with van der Waals surface area (Å²) in [5, 5.41) is 11.0. The predicted octanol–water partition coefficient (Wildman–Crippen LogP) is 1.01. The second-order valence-electron chi connectivity index (χ2n) is 5.24. The summed E-state index contributed by atoms with van der Waals surface area (Å²) >= 11 is 0. The van der Waals surface area contributed by atoms with Gasteiger partial charge in [0, 0.05) is 18.4 Å². The van der Waals surface area contributed by atoms with Crippen molar-refractivity contribution in [1.29, 1.82) is 5.26 Å². The average Bonchev–Trinajstić information content (AvgIpc) is 2.90. The molecule has 0 aromatic heterocycles. The van der Waals surface area contributed by atoms with E-state index in [2.05, 4.69) is 11.4 Å². The van der Waals surface area contributed by atoms with Crippen molar-refractivity contribution in [3.63, 3.8) is 0 Å². The number of nitriles is 1. The first-order valence-electron chi connectivity index (χ1n) is 5.41. The van der Waals surface area contributed by atoms with Crippen LogP contribution in [0.25, 0.3) is 0 Å². The summed E-state index contributed by atoms with van der Waals surface area (Å²) in [5.74, 6) is -0.259. The summed E-state index contributed by atoms with van der Waals surface area (Å²) in [5.41, 5.74) is -0.851. The molecule has 1 aliphatic heterocycles. The number of amides is 3. The smallest absolute Gasteiger partial charge is 0.310 e. The van der Waals surface area contributed by atoms with Gasteiger partial charge in [0.25, 0.3) is 5.91 Å². The highest BCUT2D eigenvalue weighted by molar-refractivity contribution is 6.06. The Labute approximate surface area is 94.4 Å². The van der Waals surface area contributed by atoms with Crippen LogP contribution in [0.4, 0.5) is 4.79 Å². The van der Waals surface area contributed by atoms with E-state index >= 15 is 0 Å². The summed E-state index contributed by atoms with van der Waals surface area (Å²) < 4.78 is 0. The lowest BCUT2D eigenvalue weighted by molar-refractivity contribution is -0.125. The molecule has 3 amide bonds. The normalized spacial score (nSPS) is 25.2. The third-order valence-corrected chi connectivity index (χ3v) is 3.60. The van der Waals surface area contributed by atoms with E-state index in [-0.39, 0.29) is 17.4 Å². The first-order chi connectivity index (χ1) is 7.41. The van der Waals surface area contributed by atoms with E-state index in [1.54, 1.807) is 18.7 Å². The summed E-state index contributed by atoms with van der Waals surface area (Å²) in [6.45, 7) is 3.97. The fourth-order valence-electron chi connectivity index (χ4n) is 2.03. The van der Waals surface area contributed by atoms with E-state index in [1.807, 2.05) is 0 Å². The summed E-state index contributed by atoms with van der Waals surface area (Å²) in [6.07, 6.45) is 2.39. The lowest BCUT2D eigenvalue weighted by atomic mass is 9.98. The van der Waals surface area contributed by atoms with E-state index in [0.29, 0.717) is 13.0 Å². The highest BCUT2D eigenvalue weighted by atomic mass is 16.2. The molecular weight excluding hydrogens is 206 g/mol. The predicted molar refractivity (Wildman–Crippen MR) is 56.2 cm³/mol. The molecule has 5 nitrogen and oxygen atoms in total. The number of nitrogens with zero attached hydrogens (tertiary/aromatic N) is 2. The number of rotatable bonds is 3. The van der Waals surface area contributed by atoms with Crippen molar-refractivity contribution < 1.29 is 9.59 Å². The highest BCUT2D eigenvalue weighted by Crippen LogP contribution is 2.50. The zero-order valence-corrected chi connectivity index (χ0v) is 9.54. The van der Waals surface area contributed by atoms with Crippen LogP contribution in [0.2, 0.25) is 0 Å². The topological polar surface area (TPSA) is 73.2 Å². The zero-order valence-electron chi connectivity index (χ0n) is 9.54. The number of imide groups is 1. The van der Waals surface area contributed by atoms with E-state index in [1.165, 1.54) is 0 Å². The van der Waals surface area contributed by atoms with Gasteiger partial charge in [-0.25, -0.2) is 4.79 Å². The Kier molecular flexibility index (Phi) is 2.19. The van der Waals surface area contributed by atoms with Crippen LogP contribution in [0.3, 0.4) is 0 Å². The maximum atomic E-state index is 11.6. The Morgan fingerprint density at radius 2 is 2.06 bits per heavy atom. The van der Waals surface area contributed by atoms with Crippen molar-refractivity contribution in [2.75, 3.05) is 6.54 Å². The Hall–Kier alpha value is -1.57. The van der Waals surface area contributed by atoms with Gasteiger partial charge in [0.15, 0.2) is 0 Å². The molecule has 1 N–H and O–H groups in total. The average molecular weight is 221 g/mol. The van der Waals surface area contributed by atoms with Gasteiger partial charge in [-0.15, -0.1) is 0 Å². The molecule has 0 bridgehead atoms. The van der Waals surface area contributed by atoms with Crippen LogP contribution in [-0.2, 0) is 4.79 Å².